The zero-order chi connectivity index (χ0) is 19.3. The van der Waals surface area contributed by atoms with E-state index in [1.165, 1.54) is 12.1 Å². The predicted octanol–water partition coefficient (Wildman–Crippen LogP) is 3.12. The summed E-state index contributed by atoms with van der Waals surface area (Å²) in [6, 6.07) is 14.4. The SMILES string of the molecule is O=C(NCCCNc1ccccc1)c1cc(S(=O)(=O)NC2CC2)ccc1Br. The molecule has 1 saturated carbocycles. The average molecular weight is 452 g/mol. The van der Waals surface area contributed by atoms with Gasteiger partial charge in [0, 0.05) is 29.3 Å². The van der Waals surface area contributed by atoms with Gasteiger partial charge < -0.3 is 10.6 Å². The number of carbonyl (C=O) groups excluding carboxylic acids is 1. The highest BCUT2D eigenvalue weighted by Gasteiger charge is 2.28. The smallest absolute Gasteiger partial charge is 0.252 e. The van der Waals surface area contributed by atoms with Crippen molar-refractivity contribution >= 4 is 37.5 Å². The van der Waals surface area contributed by atoms with E-state index in [-0.39, 0.29) is 16.8 Å². The highest BCUT2D eigenvalue weighted by molar-refractivity contribution is 9.10. The second-order valence-electron chi connectivity index (χ2n) is 6.44. The molecular weight excluding hydrogens is 430 g/mol. The van der Waals surface area contributed by atoms with Crippen LogP contribution in [0.25, 0.3) is 0 Å². The number of hydrogen-bond donors (Lipinski definition) is 3. The van der Waals surface area contributed by atoms with E-state index in [9.17, 15) is 13.2 Å². The van der Waals surface area contributed by atoms with Gasteiger partial charge in [-0.05, 0) is 65.5 Å². The van der Waals surface area contributed by atoms with E-state index in [2.05, 4.69) is 31.3 Å². The maximum Gasteiger partial charge on any atom is 0.252 e. The average Bonchev–Trinajstić information content (AvgIpc) is 3.45. The Morgan fingerprint density at radius 3 is 2.52 bits per heavy atom. The van der Waals surface area contributed by atoms with Gasteiger partial charge in [-0.1, -0.05) is 18.2 Å². The van der Waals surface area contributed by atoms with Gasteiger partial charge in [0.05, 0.1) is 10.5 Å². The largest absolute Gasteiger partial charge is 0.385 e. The molecule has 0 aliphatic heterocycles. The Balaban J connectivity index is 1.53. The standard InChI is InChI=1S/C19H22BrN3O3S/c20-18-10-9-16(27(25,26)23-15-7-8-15)13-17(18)19(24)22-12-4-11-21-14-5-2-1-3-6-14/h1-3,5-6,9-10,13,15,21,23H,4,7-8,11-12H2,(H,22,24). The van der Waals surface area contributed by atoms with Gasteiger partial charge in [-0.3, -0.25) is 4.79 Å². The highest BCUT2D eigenvalue weighted by atomic mass is 79.9. The monoisotopic (exact) mass is 451 g/mol. The van der Waals surface area contributed by atoms with Crippen LogP contribution in [-0.4, -0.2) is 33.5 Å². The van der Waals surface area contributed by atoms with Gasteiger partial charge in [-0.2, -0.15) is 0 Å². The van der Waals surface area contributed by atoms with E-state index >= 15 is 0 Å². The van der Waals surface area contributed by atoms with Crippen molar-refractivity contribution in [2.75, 3.05) is 18.4 Å². The fraction of sp³-hybridized carbons (Fsp3) is 0.316. The lowest BCUT2D eigenvalue weighted by molar-refractivity contribution is 0.0952. The van der Waals surface area contributed by atoms with Crippen molar-refractivity contribution in [2.45, 2.75) is 30.2 Å². The van der Waals surface area contributed by atoms with Gasteiger partial charge in [0.1, 0.15) is 0 Å². The van der Waals surface area contributed by atoms with Crippen LogP contribution in [0.1, 0.15) is 29.6 Å². The van der Waals surface area contributed by atoms with Crippen molar-refractivity contribution < 1.29 is 13.2 Å². The first-order valence-corrected chi connectivity index (χ1v) is 11.1. The molecule has 0 heterocycles. The number of rotatable bonds is 9. The molecule has 0 bridgehead atoms. The molecule has 2 aromatic carbocycles. The summed E-state index contributed by atoms with van der Waals surface area (Å²) >= 11 is 3.33. The minimum Gasteiger partial charge on any atom is -0.385 e. The van der Waals surface area contributed by atoms with E-state index < -0.39 is 10.0 Å². The van der Waals surface area contributed by atoms with Crippen molar-refractivity contribution in [3.8, 4) is 0 Å². The third-order valence-electron chi connectivity index (χ3n) is 4.13. The summed E-state index contributed by atoms with van der Waals surface area (Å²) in [7, 11) is -3.59. The first-order chi connectivity index (χ1) is 13.0. The summed E-state index contributed by atoms with van der Waals surface area (Å²) in [5.74, 6) is -0.301. The molecule has 8 heteroatoms. The molecule has 1 aliphatic carbocycles. The Kier molecular flexibility index (Phi) is 6.51. The molecule has 144 valence electrons. The third kappa shape index (κ3) is 5.79. The number of amides is 1. The zero-order valence-corrected chi connectivity index (χ0v) is 17.1. The molecule has 0 spiro atoms. The molecule has 1 aliphatic rings. The van der Waals surface area contributed by atoms with Gasteiger partial charge in [-0.15, -0.1) is 0 Å². The number of benzene rings is 2. The van der Waals surface area contributed by atoms with Gasteiger partial charge in [0.2, 0.25) is 10.0 Å². The lowest BCUT2D eigenvalue weighted by atomic mass is 10.2. The molecule has 0 radical (unpaired) electrons. The van der Waals surface area contributed by atoms with Crippen molar-refractivity contribution in [1.29, 1.82) is 0 Å². The number of para-hydroxylation sites is 1. The van der Waals surface area contributed by atoms with Crippen LogP contribution in [0.2, 0.25) is 0 Å². The lowest BCUT2D eigenvalue weighted by Crippen LogP contribution is -2.28. The third-order valence-corrected chi connectivity index (χ3v) is 6.34. The first kappa shape index (κ1) is 19.9. The second-order valence-corrected chi connectivity index (χ2v) is 9.01. The topological polar surface area (TPSA) is 87.3 Å². The lowest BCUT2D eigenvalue weighted by Gasteiger charge is -2.11. The minimum absolute atomic E-state index is 0.0213. The quantitative estimate of drug-likeness (QED) is 0.511. The molecule has 27 heavy (non-hydrogen) atoms. The van der Waals surface area contributed by atoms with Crippen molar-refractivity contribution in [1.82, 2.24) is 10.0 Å². The molecule has 2 aromatic rings. The number of sulfonamides is 1. The first-order valence-electron chi connectivity index (χ1n) is 8.85. The number of nitrogens with one attached hydrogen (secondary N) is 3. The Bertz CT molecular complexity index is 900. The Hall–Kier alpha value is -1.90. The molecule has 1 fully saturated rings. The van der Waals surface area contributed by atoms with Crippen LogP contribution in [0.3, 0.4) is 0 Å². The maximum atomic E-state index is 12.4. The van der Waals surface area contributed by atoms with Gasteiger partial charge in [0.15, 0.2) is 0 Å². The van der Waals surface area contributed by atoms with Crippen LogP contribution in [-0.2, 0) is 10.0 Å². The van der Waals surface area contributed by atoms with Crippen LogP contribution >= 0.6 is 15.9 Å². The highest BCUT2D eigenvalue weighted by Crippen LogP contribution is 2.25. The summed E-state index contributed by atoms with van der Waals surface area (Å²) < 4.78 is 27.9. The fourth-order valence-electron chi connectivity index (χ4n) is 2.51. The molecular formula is C19H22BrN3O3S. The summed E-state index contributed by atoms with van der Waals surface area (Å²) in [6.45, 7) is 1.22. The van der Waals surface area contributed by atoms with Gasteiger partial charge in [-0.25, -0.2) is 13.1 Å². The molecule has 0 saturated heterocycles. The molecule has 1 amide bonds. The summed E-state index contributed by atoms with van der Waals surface area (Å²) in [5.41, 5.74) is 1.34. The van der Waals surface area contributed by atoms with Gasteiger partial charge >= 0.3 is 0 Å². The summed E-state index contributed by atoms with van der Waals surface area (Å²) in [6.07, 6.45) is 2.47. The number of carbonyl (C=O) groups is 1. The Morgan fingerprint density at radius 1 is 1.07 bits per heavy atom. The number of halogens is 1. The van der Waals surface area contributed by atoms with Crippen LogP contribution in [0, 0.1) is 0 Å². The molecule has 0 atom stereocenters. The van der Waals surface area contributed by atoms with Crippen molar-refractivity contribution in [3.05, 3.63) is 58.6 Å². The number of hydrogen-bond acceptors (Lipinski definition) is 4. The summed E-state index contributed by atoms with van der Waals surface area (Å²) in [4.78, 5) is 12.5. The van der Waals surface area contributed by atoms with E-state index in [0.717, 1.165) is 31.5 Å². The van der Waals surface area contributed by atoms with E-state index in [4.69, 9.17) is 0 Å². The van der Waals surface area contributed by atoms with Crippen LogP contribution in [0.15, 0.2) is 57.9 Å². The fourth-order valence-corrected chi connectivity index (χ4v) is 4.27. The van der Waals surface area contributed by atoms with Crippen LogP contribution in [0.4, 0.5) is 5.69 Å². The maximum absolute atomic E-state index is 12.4. The zero-order valence-electron chi connectivity index (χ0n) is 14.7. The Morgan fingerprint density at radius 2 is 1.81 bits per heavy atom. The molecule has 6 nitrogen and oxygen atoms in total. The molecule has 0 unspecified atom stereocenters. The second kappa shape index (κ2) is 8.86. The van der Waals surface area contributed by atoms with Crippen LogP contribution in [0.5, 0.6) is 0 Å². The van der Waals surface area contributed by atoms with Crippen molar-refractivity contribution in [2.24, 2.45) is 0 Å². The van der Waals surface area contributed by atoms with E-state index in [1.54, 1.807) is 6.07 Å². The van der Waals surface area contributed by atoms with E-state index in [1.807, 2.05) is 30.3 Å². The van der Waals surface area contributed by atoms with Crippen LogP contribution < -0.4 is 15.4 Å². The van der Waals surface area contributed by atoms with Crippen molar-refractivity contribution in [3.63, 3.8) is 0 Å². The molecule has 3 rings (SSSR count). The minimum atomic E-state index is -3.59. The molecule has 3 N–H and O–H groups in total. The normalized spacial score (nSPS) is 14.0. The van der Waals surface area contributed by atoms with E-state index in [0.29, 0.717) is 16.6 Å². The summed E-state index contributed by atoms with van der Waals surface area (Å²) in [5, 5.41) is 6.11. The number of anilines is 1. The Labute approximate surface area is 167 Å². The molecule has 0 aromatic heterocycles. The van der Waals surface area contributed by atoms with Gasteiger partial charge in [0.25, 0.3) is 5.91 Å². The predicted molar refractivity (Wildman–Crippen MR) is 109 cm³/mol.